The highest BCUT2D eigenvalue weighted by molar-refractivity contribution is 5.85. The van der Waals surface area contributed by atoms with Crippen LogP contribution in [0.15, 0.2) is 18.2 Å². The Morgan fingerprint density at radius 2 is 2.14 bits per heavy atom. The molecule has 2 N–H and O–H groups in total. The highest BCUT2D eigenvalue weighted by Gasteiger charge is 2.08. The lowest BCUT2D eigenvalue weighted by atomic mass is 10.2. The average Bonchev–Trinajstić information content (AvgIpc) is 2.16. The maximum atomic E-state index is 10.4. The van der Waals surface area contributed by atoms with Gasteiger partial charge >= 0.3 is 0 Å². The maximum absolute atomic E-state index is 10.4. The quantitative estimate of drug-likeness (QED) is 0.616. The molecule has 0 aliphatic rings. The molecule has 0 unspecified atom stereocenters. The van der Waals surface area contributed by atoms with Crippen molar-refractivity contribution in [2.45, 2.75) is 6.54 Å². The molecule has 0 amide bonds. The number of ether oxygens (including phenoxy) is 1. The Morgan fingerprint density at radius 1 is 1.50 bits per heavy atom. The summed E-state index contributed by atoms with van der Waals surface area (Å²) in [5, 5.41) is 10.4. The predicted molar refractivity (Wildman–Crippen MR) is 54.8 cm³/mol. The van der Waals surface area contributed by atoms with Gasteiger partial charge < -0.3 is 10.5 Å². The van der Waals surface area contributed by atoms with Crippen molar-refractivity contribution in [2.24, 2.45) is 5.73 Å². The van der Waals surface area contributed by atoms with Crippen LogP contribution in [0.4, 0.5) is 5.69 Å². The van der Waals surface area contributed by atoms with E-state index in [0.29, 0.717) is 11.3 Å². The van der Waals surface area contributed by atoms with E-state index >= 15 is 0 Å². The lowest BCUT2D eigenvalue weighted by Gasteiger charge is -2.02. The molecule has 0 spiro atoms. The van der Waals surface area contributed by atoms with Crippen LogP contribution >= 0.6 is 12.4 Å². The minimum absolute atomic E-state index is 0. The largest absolute Gasteiger partial charge is 0.496 e. The van der Waals surface area contributed by atoms with Crippen molar-refractivity contribution >= 4 is 18.1 Å². The molecule has 6 heteroatoms. The number of rotatable bonds is 3. The number of methoxy groups -OCH3 is 1. The van der Waals surface area contributed by atoms with Crippen LogP contribution in [0.2, 0.25) is 0 Å². The highest BCUT2D eigenvalue weighted by Crippen LogP contribution is 2.21. The molecule has 14 heavy (non-hydrogen) atoms. The number of nitro benzene ring substituents is 1. The molecule has 5 nitrogen and oxygen atoms in total. The molecule has 0 atom stereocenters. The van der Waals surface area contributed by atoms with Gasteiger partial charge in [-0.1, -0.05) is 0 Å². The van der Waals surface area contributed by atoms with Crippen LogP contribution < -0.4 is 10.5 Å². The Balaban J connectivity index is 0.00000169. The third kappa shape index (κ3) is 2.86. The van der Waals surface area contributed by atoms with Gasteiger partial charge in [0, 0.05) is 12.6 Å². The lowest BCUT2D eigenvalue weighted by Crippen LogP contribution is -1.98. The van der Waals surface area contributed by atoms with Gasteiger partial charge in [-0.05, 0) is 11.6 Å². The first kappa shape index (κ1) is 12.7. The third-order valence-corrected chi connectivity index (χ3v) is 1.63. The predicted octanol–water partition coefficient (Wildman–Crippen LogP) is 1.48. The molecule has 0 aliphatic carbocycles. The summed E-state index contributed by atoms with van der Waals surface area (Å²) in [5.41, 5.74) is 6.05. The second-order valence-electron chi connectivity index (χ2n) is 2.50. The first-order valence-corrected chi connectivity index (χ1v) is 3.69. The van der Waals surface area contributed by atoms with Crippen LogP contribution in [-0.4, -0.2) is 12.0 Å². The van der Waals surface area contributed by atoms with Gasteiger partial charge in [-0.25, -0.2) is 0 Å². The summed E-state index contributed by atoms with van der Waals surface area (Å²) in [5.74, 6) is 0.453. The van der Waals surface area contributed by atoms with E-state index in [-0.39, 0.29) is 24.6 Å². The van der Waals surface area contributed by atoms with Gasteiger partial charge in [0.05, 0.1) is 18.1 Å². The zero-order valence-electron chi connectivity index (χ0n) is 7.60. The van der Waals surface area contributed by atoms with E-state index in [1.165, 1.54) is 19.2 Å². The molecular weight excluding hydrogens is 208 g/mol. The zero-order valence-corrected chi connectivity index (χ0v) is 8.41. The van der Waals surface area contributed by atoms with Crippen LogP contribution in [-0.2, 0) is 6.54 Å². The SMILES string of the molecule is COc1cc(CN)cc([N+](=O)[O-])c1.Cl. The van der Waals surface area contributed by atoms with Gasteiger partial charge in [-0.15, -0.1) is 12.4 Å². The monoisotopic (exact) mass is 218 g/mol. The number of halogens is 1. The number of hydrogen-bond donors (Lipinski definition) is 1. The topological polar surface area (TPSA) is 78.4 Å². The molecule has 1 aromatic rings. The highest BCUT2D eigenvalue weighted by atomic mass is 35.5. The van der Waals surface area contributed by atoms with E-state index in [9.17, 15) is 10.1 Å². The molecule has 0 saturated carbocycles. The minimum Gasteiger partial charge on any atom is -0.496 e. The van der Waals surface area contributed by atoms with Crippen molar-refractivity contribution in [3.63, 3.8) is 0 Å². The number of nitrogens with zero attached hydrogens (tertiary/aromatic N) is 1. The van der Waals surface area contributed by atoms with Crippen LogP contribution in [0.1, 0.15) is 5.56 Å². The van der Waals surface area contributed by atoms with Crippen LogP contribution in [0, 0.1) is 10.1 Å². The molecule has 0 aromatic heterocycles. The Kier molecular flexibility index (Phi) is 4.90. The third-order valence-electron chi connectivity index (χ3n) is 1.63. The molecule has 0 heterocycles. The van der Waals surface area contributed by atoms with Gasteiger partial charge in [0.1, 0.15) is 5.75 Å². The summed E-state index contributed by atoms with van der Waals surface area (Å²) in [4.78, 5) is 9.98. The standard InChI is InChI=1S/C8H10N2O3.ClH/c1-13-8-3-6(5-9)2-7(4-8)10(11)12;/h2-4H,5,9H2,1H3;1H. The molecule has 1 aromatic carbocycles. The summed E-state index contributed by atoms with van der Waals surface area (Å²) in [7, 11) is 1.46. The van der Waals surface area contributed by atoms with E-state index in [1.54, 1.807) is 6.07 Å². The number of benzene rings is 1. The van der Waals surface area contributed by atoms with Crippen molar-refractivity contribution in [3.8, 4) is 5.75 Å². The van der Waals surface area contributed by atoms with E-state index in [4.69, 9.17) is 10.5 Å². The molecule has 0 bridgehead atoms. The fourth-order valence-corrected chi connectivity index (χ4v) is 0.985. The van der Waals surface area contributed by atoms with E-state index in [0.717, 1.165) is 0 Å². The molecule has 0 radical (unpaired) electrons. The molecular formula is C8H11ClN2O3. The van der Waals surface area contributed by atoms with Crippen LogP contribution in [0.5, 0.6) is 5.75 Å². The van der Waals surface area contributed by atoms with Gasteiger partial charge in [0.25, 0.3) is 5.69 Å². The normalized spacial score (nSPS) is 9.00. The molecule has 1 rings (SSSR count). The van der Waals surface area contributed by atoms with Crippen LogP contribution in [0.25, 0.3) is 0 Å². The Labute approximate surface area is 87.4 Å². The minimum atomic E-state index is -0.471. The smallest absolute Gasteiger partial charge is 0.273 e. The van der Waals surface area contributed by atoms with Crippen molar-refractivity contribution < 1.29 is 9.66 Å². The summed E-state index contributed by atoms with van der Waals surface area (Å²) >= 11 is 0. The van der Waals surface area contributed by atoms with E-state index in [1.807, 2.05) is 0 Å². The fourth-order valence-electron chi connectivity index (χ4n) is 0.985. The lowest BCUT2D eigenvalue weighted by molar-refractivity contribution is -0.385. The van der Waals surface area contributed by atoms with Crippen LogP contribution in [0.3, 0.4) is 0 Å². The number of nitrogens with two attached hydrogens (primary N) is 1. The van der Waals surface area contributed by atoms with Gasteiger partial charge in [0.15, 0.2) is 0 Å². The van der Waals surface area contributed by atoms with E-state index in [2.05, 4.69) is 0 Å². The van der Waals surface area contributed by atoms with Gasteiger partial charge in [-0.3, -0.25) is 10.1 Å². The zero-order chi connectivity index (χ0) is 9.84. The van der Waals surface area contributed by atoms with E-state index < -0.39 is 4.92 Å². The number of non-ortho nitro benzene ring substituents is 1. The van der Waals surface area contributed by atoms with Gasteiger partial charge in [-0.2, -0.15) is 0 Å². The van der Waals surface area contributed by atoms with Crippen molar-refractivity contribution in [2.75, 3.05) is 7.11 Å². The molecule has 78 valence electrons. The summed E-state index contributed by atoms with van der Waals surface area (Å²) in [6.45, 7) is 0.262. The first-order chi connectivity index (χ1) is 6.17. The Hall–Kier alpha value is -1.33. The second-order valence-corrected chi connectivity index (χ2v) is 2.50. The second kappa shape index (κ2) is 5.41. The number of nitro groups is 1. The first-order valence-electron chi connectivity index (χ1n) is 3.69. The Bertz CT molecular complexity index is 308. The number of hydrogen-bond acceptors (Lipinski definition) is 4. The Morgan fingerprint density at radius 3 is 2.57 bits per heavy atom. The van der Waals surface area contributed by atoms with Crippen molar-refractivity contribution in [1.82, 2.24) is 0 Å². The summed E-state index contributed by atoms with van der Waals surface area (Å²) in [6.07, 6.45) is 0. The van der Waals surface area contributed by atoms with Gasteiger partial charge in [0.2, 0.25) is 0 Å². The molecule has 0 fully saturated rings. The fraction of sp³-hybridized carbons (Fsp3) is 0.250. The average molecular weight is 219 g/mol. The van der Waals surface area contributed by atoms with Crippen molar-refractivity contribution in [1.29, 1.82) is 0 Å². The molecule has 0 saturated heterocycles. The maximum Gasteiger partial charge on any atom is 0.273 e. The van der Waals surface area contributed by atoms with Crippen molar-refractivity contribution in [3.05, 3.63) is 33.9 Å². The summed E-state index contributed by atoms with van der Waals surface area (Å²) in [6, 6.07) is 4.47. The summed E-state index contributed by atoms with van der Waals surface area (Å²) < 4.78 is 4.89. The molecule has 0 aliphatic heterocycles.